The van der Waals surface area contributed by atoms with Gasteiger partial charge in [-0.05, 0) is 38.7 Å². The summed E-state index contributed by atoms with van der Waals surface area (Å²) < 4.78 is 0. The molecule has 0 bridgehead atoms. The first-order valence-electron chi connectivity index (χ1n) is 5.46. The molecule has 2 heterocycles. The summed E-state index contributed by atoms with van der Waals surface area (Å²) in [5.41, 5.74) is 3.23. The molecular formula is C11H20N2. The highest BCUT2D eigenvalue weighted by molar-refractivity contribution is 5.20. The highest BCUT2D eigenvalue weighted by Crippen LogP contribution is 2.24. The lowest BCUT2D eigenvalue weighted by Crippen LogP contribution is -2.42. The van der Waals surface area contributed by atoms with Crippen molar-refractivity contribution >= 4 is 0 Å². The van der Waals surface area contributed by atoms with Crippen molar-refractivity contribution < 1.29 is 0 Å². The highest BCUT2D eigenvalue weighted by Gasteiger charge is 2.21. The van der Waals surface area contributed by atoms with Crippen LogP contribution < -0.4 is 5.32 Å². The van der Waals surface area contributed by atoms with Crippen LogP contribution in [0.25, 0.3) is 0 Å². The molecule has 0 spiro atoms. The van der Waals surface area contributed by atoms with Crippen LogP contribution in [0, 0.1) is 0 Å². The molecule has 0 aromatic rings. The first-order chi connectivity index (χ1) is 6.27. The van der Waals surface area contributed by atoms with Crippen molar-refractivity contribution in [3.8, 4) is 0 Å². The van der Waals surface area contributed by atoms with Crippen LogP contribution in [0.5, 0.6) is 0 Å². The van der Waals surface area contributed by atoms with Gasteiger partial charge >= 0.3 is 0 Å². The zero-order chi connectivity index (χ0) is 9.26. The van der Waals surface area contributed by atoms with Crippen molar-refractivity contribution in [3.05, 3.63) is 11.3 Å². The van der Waals surface area contributed by atoms with Crippen molar-refractivity contribution in [1.29, 1.82) is 0 Å². The van der Waals surface area contributed by atoms with Crippen molar-refractivity contribution in [1.82, 2.24) is 10.2 Å². The molecule has 2 aliphatic rings. The van der Waals surface area contributed by atoms with Gasteiger partial charge in [-0.25, -0.2) is 0 Å². The summed E-state index contributed by atoms with van der Waals surface area (Å²) in [6.45, 7) is 8.18. The lowest BCUT2D eigenvalue weighted by atomic mass is 9.96. The first kappa shape index (κ1) is 9.07. The first-order valence-corrected chi connectivity index (χ1v) is 5.46. The van der Waals surface area contributed by atoms with Crippen molar-refractivity contribution in [2.75, 3.05) is 19.6 Å². The second kappa shape index (κ2) is 3.70. The molecular weight excluding hydrogens is 160 g/mol. The molecule has 0 fully saturated rings. The van der Waals surface area contributed by atoms with E-state index in [4.69, 9.17) is 0 Å². The van der Waals surface area contributed by atoms with E-state index >= 15 is 0 Å². The Hall–Kier alpha value is -0.500. The zero-order valence-electron chi connectivity index (χ0n) is 8.77. The molecule has 2 aliphatic heterocycles. The van der Waals surface area contributed by atoms with Gasteiger partial charge < -0.3 is 5.32 Å². The minimum absolute atomic E-state index is 0.692. The maximum atomic E-state index is 3.54. The van der Waals surface area contributed by atoms with Crippen LogP contribution in [-0.4, -0.2) is 30.6 Å². The van der Waals surface area contributed by atoms with Crippen molar-refractivity contribution in [2.24, 2.45) is 0 Å². The average molecular weight is 180 g/mol. The quantitative estimate of drug-likeness (QED) is 0.661. The number of rotatable bonds is 1. The van der Waals surface area contributed by atoms with Crippen molar-refractivity contribution in [2.45, 2.75) is 39.2 Å². The molecule has 2 nitrogen and oxygen atoms in total. The summed E-state index contributed by atoms with van der Waals surface area (Å²) in [4.78, 5) is 2.55. The van der Waals surface area contributed by atoms with Gasteiger partial charge in [0.25, 0.3) is 0 Å². The van der Waals surface area contributed by atoms with Crippen LogP contribution in [0.1, 0.15) is 33.1 Å². The van der Waals surface area contributed by atoms with Gasteiger partial charge in [0, 0.05) is 31.4 Å². The number of hydrogen-bond acceptors (Lipinski definition) is 2. The van der Waals surface area contributed by atoms with Crippen LogP contribution in [0.3, 0.4) is 0 Å². The van der Waals surface area contributed by atoms with Crippen LogP contribution in [0.2, 0.25) is 0 Å². The fraction of sp³-hybridized carbons (Fsp3) is 0.818. The standard InChI is InChI=1S/C11H20N2/c1-9(2)13-7-5-10-4-3-6-12-11(10)8-13/h9,12H,3-8H2,1-2H3. The molecule has 0 saturated heterocycles. The van der Waals surface area contributed by atoms with Crippen LogP contribution in [0.15, 0.2) is 11.3 Å². The van der Waals surface area contributed by atoms with Gasteiger partial charge in [-0.15, -0.1) is 0 Å². The van der Waals surface area contributed by atoms with Crippen LogP contribution >= 0.6 is 0 Å². The van der Waals surface area contributed by atoms with Crippen LogP contribution in [-0.2, 0) is 0 Å². The minimum Gasteiger partial charge on any atom is -0.387 e. The Bertz CT molecular complexity index is 218. The third-order valence-corrected chi connectivity index (χ3v) is 3.21. The Morgan fingerprint density at radius 3 is 2.92 bits per heavy atom. The Morgan fingerprint density at radius 1 is 1.31 bits per heavy atom. The highest BCUT2D eigenvalue weighted by atomic mass is 15.2. The normalized spacial score (nSPS) is 24.5. The third kappa shape index (κ3) is 1.88. The molecule has 0 aliphatic carbocycles. The molecule has 0 saturated carbocycles. The second-order valence-corrected chi connectivity index (χ2v) is 4.43. The maximum absolute atomic E-state index is 3.54. The Labute approximate surface area is 81.0 Å². The number of hydrogen-bond donors (Lipinski definition) is 1. The van der Waals surface area contributed by atoms with E-state index in [1.165, 1.54) is 38.0 Å². The Balaban J connectivity index is 2.05. The largest absolute Gasteiger partial charge is 0.387 e. The fourth-order valence-corrected chi connectivity index (χ4v) is 2.26. The van der Waals surface area contributed by atoms with Gasteiger partial charge in [0.2, 0.25) is 0 Å². The molecule has 0 aromatic heterocycles. The predicted molar refractivity (Wildman–Crippen MR) is 55.6 cm³/mol. The van der Waals surface area contributed by atoms with Gasteiger partial charge in [-0.3, -0.25) is 4.90 Å². The average Bonchev–Trinajstić information content (AvgIpc) is 2.17. The van der Waals surface area contributed by atoms with Crippen molar-refractivity contribution in [3.63, 3.8) is 0 Å². The topological polar surface area (TPSA) is 15.3 Å². The second-order valence-electron chi connectivity index (χ2n) is 4.43. The summed E-state index contributed by atoms with van der Waals surface area (Å²) in [6, 6.07) is 0.692. The predicted octanol–water partition coefficient (Wildman–Crippen LogP) is 1.74. The van der Waals surface area contributed by atoms with Gasteiger partial charge in [0.1, 0.15) is 0 Å². The van der Waals surface area contributed by atoms with E-state index in [-0.39, 0.29) is 0 Å². The molecule has 0 unspecified atom stereocenters. The van der Waals surface area contributed by atoms with E-state index in [1.807, 2.05) is 0 Å². The molecule has 0 aromatic carbocycles. The summed E-state index contributed by atoms with van der Waals surface area (Å²) >= 11 is 0. The molecule has 0 radical (unpaired) electrons. The fourth-order valence-electron chi connectivity index (χ4n) is 2.26. The van der Waals surface area contributed by atoms with Gasteiger partial charge in [0.15, 0.2) is 0 Å². The number of nitrogens with one attached hydrogen (secondary N) is 1. The summed E-state index contributed by atoms with van der Waals surface area (Å²) in [7, 11) is 0. The van der Waals surface area contributed by atoms with E-state index in [9.17, 15) is 0 Å². The molecule has 2 rings (SSSR count). The molecule has 0 atom stereocenters. The third-order valence-electron chi connectivity index (χ3n) is 3.21. The number of nitrogens with zero attached hydrogens (tertiary/aromatic N) is 1. The minimum atomic E-state index is 0.692. The SMILES string of the molecule is CC(C)N1CCC2=C(C1)NCCC2. The smallest absolute Gasteiger partial charge is 0.0384 e. The monoisotopic (exact) mass is 180 g/mol. The molecule has 1 N–H and O–H groups in total. The summed E-state index contributed by atoms with van der Waals surface area (Å²) in [6.07, 6.45) is 3.97. The Morgan fingerprint density at radius 2 is 2.15 bits per heavy atom. The molecule has 2 heteroatoms. The van der Waals surface area contributed by atoms with Gasteiger partial charge in [-0.1, -0.05) is 0 Å². The van der Waals surface area contributed by atoms with E-state index in [2.05, 4.69) is 24.1 Å². The zero-order valence-corrected chi connectivity index (χ0v) is 8.77. The molecule has 13 heavy (non-hydrogen) atoms. The van der Waals surface area contributed by atoms with E-state index in [0.717, 1.165) is 6.54 Å². The van der Waals surface area contributed by atoms with Crippen LogP contribution in [0.4, 0.5) is 0 Å². The molecule has 0 amide bonds. The lowest BCUT2D eigenvalue weighted by Gasteiger charge is -2.36. The van der Waals surface area contributed by atoms with Gasteiger partial charge in [0.05, 0.1) is 0 Å². The van der Waals surface area contributed by atoms with E-state index in [1.54, 1.807) is 5.57 Å². The van der Waals surface area contributed by atoms with E-state index < -0.39 is 0 Å². The Kier molecular flexibility index (Phi) is 2.58. The van der Waals surface area contributed by atoms with E-state index in [0.29, 0.717) is 6.04 Å². The molecule has 74 valence electrons. The summed E-state index contributed by atoms with van der Waals surface area (Å²) in [5, 5.41) is 3.54. The maximum Gasteiger partial charge on any atom is 0.0384 e. The summed E-state index contributed by atoms with van der Waals surface area (Å²) in [5.74, 6) is 0. The lowest BCUT2D eigenvalue weighted by molar-refractivity contribution is 0.221. The van der Waals surface area contributed by atoms with Gasteiger partial charge in [-0.2, -0.15) is 0 Å².